The molecule has 6 heteroatoms. The number of aromatic nitrogens is 1. The van der Waals surface area contributed by atoms with Crippen LogP contribution in [0.15, 0.2) is 59.1 Å². The van der Waals surface area contributed by atoms with Crippen molar-refractivity contribution >= 4 is 21.6 Å². The Labute approximate surface area is 180 Å². The van der Waals surface area contributed by atoms with Crippen molar-refractivity contribution in [1.29, 1.82) is 0 Å². The van der Waals surface area contributed by atoms with Crippen molar-refractivity contribution in [1.82, 2.24) is 4.98 Å². The molecule has 3 aromatic rings. The van der Waals surface area contributed by atoms with Crippen LogP contribution in [0.2, 0.25) is 0 Å². The molecule has 5 nitrogen and oxygen atoms in total. The molecule has 0 saturated heterocycles. The monoisotopic (exact) mass is 456 g/mol. The average Bonchev–Trinajstić information content (AvgIpc) is 2.76. The van der Waals surface area contributed by atoms with Crippen LogP contribution < -0.4 is 19.1 Å². The van der Waals surface area contributed by atoms with Gasteiger partial charge in [0.25, 0.3) is 0 Å². The molecule has 0 fully saturated rings. The Hall–Kier alpha value is -2.73. The van der Waals surface area contributed by atoms with E-state index in [1.165, 1.54) is 0 Å². The quantitative estimate of drug-likeness (QED) is 0.454. The van der Waals surface area contributed by atoms with Gasteiger partial charge in [0.05, 0.1) is 27.0 Å². The molecule has 0 saturated carbocycles. The van der Waals surface area contributed by atoms with E-state index in [2.05, 4.69) is 56.1 Å². The first-order valence-corrected chi connectivity index (χ1v) is 10.0. The van der Waals surface area contributed by atoms with Crippen LogP contribution in [0.3, 0.4) is 0 Å². The Morgan fingerprint density at radius 2 is 1.28 bits per heavy atom. The fourth-order valence-corrected chi connectivity index (χ4v) is 3.36. The van der Waals surface area contributed by atoms with Crippen molar-refractivity contribution < 1.29 is 14.2 Å². The Bertz CT molecular complexity index is 894. The summed E-state index contributed by atoms with van der Waals surface area (Å²) >= 11 is 3.61. The van der Waals surface area contributed by atoms with Crippen LogP contribution in [0.4, 0.5) is 5.69 Å². The molecule has 0 amide bonds. The van der Waals surface area contributed by atoms with Crippen LogP contribution in [0.1, 0.15) is 16.8 Å². The summed E-state index contributed by atoms with van der Waals surface area (Å²) < 4.78 is 17.1. The normalized spacial score (nSPS) is 10.5. The van der Waals surface area contributed by atoms with Gasteiger partial charge in [0.15, 0.2) is 0 Å². The first kappa shape index (κ1) is 21.0. The van der Waals surface area contributed by atoms with Crippen LogP contribution in [-0.4, -0.2) is 26.3 Å². The number of nitrogens with zero attached hydrogens (tertiary/aromatic N) is 2. The predicted octanol–water partition coefficient (Wildman–Crippen LogP) is 5.39. The zero-order valence-corrected chi connectivity index (χ0v) is 18.7. The van der Waals surface area contributed by atoms with Crippen molar-refractivity contribution in [3.63, 3.8) is 0 Å². The minimum Gasteiger partial charge on any atom is -0.497 e. The van der Waals surface area contributed by atoms with Crippen LogP contribution in [-0.2, 0) is 13.1 Å². The van der Waals surface area contributed by atoms with E-state index in [0.29, 0.717) is 19.0 Å². The SMILES string of the molecule is COc1ccc(CN(Cc2ccc(OC)cc2)c2cc(Br)c(C)nc2OC)cc1. The van der Waals surface area contributed by atoms with Gasteiger partial charge in [0, 0.05) is 17.6 Å². The highest BCUT2D eigenvalue weighted by atomic mass is 79.9. The first-order valence-electron chi connectivity index (χ1n) is 9.26. The van der Waals surface area contributed by atoms with Crippen LogP contribution in [0.25, 0.3) is 0 Å². The largest absolute Gasteiger partial charge is 0.497 e. The fourth-order valence-electron chi connectivity index (χ4n) is 3.05. The number of rotatable bonds is 8. The Kier molecular flexibility index (Phi) is 6.99. The number of aryl methyl sites for hydroxylation is 1. The highest BCUT2D eigenvalue weighted by Crippen LogP contribution is 2.33. The fraction of sp³-hybridized carbons (Fsp3) is 0.261. The van der Waals surface area contributed by atoms with E-state index >= 15 is 0 Å². The van der Waals surface area contributed by atoms with Gasteiger partial charge >= 0.3 is 0 Å². The van der Waals surface area contributed by atoms with E-state index in [-0.39, 0.29) is 0 Å². The zero-order valence-electron chi connectivity index (χ0n) is 17.1. The summed E-state index contributed by atoms with van der Waals surface area (Å²) in [6, 6.07) is 18.2. The van der Waals surface area contributed by atoms with E-state index in [0.717, 1.165) is 38.5 Å². The lowest BCUT2D eigenvalue weighted by atomic mass is 10.1. The second-order valence-corrected chi connectivity index (χ2v) is 7.49. The first-order chi connectivity index (χ1) is 14.0. The standard InChI is InChI=1S/C23H25BrN2O3/c1-16-21(24)13-22(23(25-16)29-4)26(14-17-5-9-19(27-2)10-6-17)15-18-7-11-20(28-3)12-8-18/h5-13H,14-15H2,1-4H3. The van der Waals surface area contributed by atoms with Crippen molar-refractivity contribution in [3.05, 3.63) is 75.9 Å². The lowest BCUT2D eigenvalue weighted by Gasteiger charge is -2.27. The average molecular weight is 457 g/mol. The topological polar surface area (TPSA) is 43.8 Å². The van der Waals surface area contributed by atoms with E-state index in [4.69, 9.17) is 14.2 Å². The lowest BCUT2D eigenvalue weighted by molar-refractivity contribution is 0.396. The molecule has 0 aliphatic rings. The molecule has 29 heavy (non-hydrogen) atoms. The van der Waals surface area contributed by atoms with Gasteiger partial charge in [-0.2, -0.15) is 0 Å². The number of hydrogen-bond acceptors (Lipinski definition) is 5. The van der Waals surface area contributed by atoms with Gasteiger partial charge < -0.3 is 19.1 Å². The third-order valence-corrected chi connectivity index (χ3v) is 5.50. The minimum atomic E-state index is 0.604. The maximum absolute atomic E-state index is 5.60. The second kappa shape index (κ2) is 9.65. The summed E-state index contributed by atoms with van der Waals surface area (Å²) in [6.07, 6.45) is 0. The molecule has 1 aromatic heterocycles. The number of benzene rings is 2. The molecule has 0 radical (unpaired) electrons. The Morgan fingerprint density at radius 1 is 0.793 bits per heavy atom. The molecule has 1 heterocycles. The Balaban J connectivity index is 1.96. The number of hydrogen-bond donors (Lipinski definition) is 0. The molecule has 0 bridgehead atoms. The summed E-state index contributed by atoms with van der Waals surface area (Å²) in [6.45, 7) is 3.35. The van der Waals surface area contributed by atoms with E-state index in [1.54, 1.807) is 21.3 Å². The minimum absolute atomic E-state index is 0.604. The predicted molar refractivity (Wildman–Crippen MR) is 119 cm³/mol. The van der Waals surface area contributed by atoms with Crippen LogP contribution in [0.5, 0.6) is 17.4 Å². The van der Waals surface area contributed by atoms with Crippen molar-refractivity contribution in [2.45, 2.75) is 20.0 Å². The lowest BCUT2D eigenvalue weighted by Crippen LogP contribution is -2.23. The van der Waals surface area contributed by atoms with Crippen molar-refractivity contribution in [2.24, 2.45) is 0 Å². The molecule has 0 aliphatic carbocycles. The number of methoxy groups -OCH3 is 3. The van der Waals surface area contributed by atoms with Gasteiger partial charge in [-0.3, -0.25) is 0 Å². The molecule has 0 aliphatic heterocycles. The molecule has 0 unspecified atom stereocenters. The summed E-state index contributed by atoms with van der Waals surface area (Å²) in [5.41, 5.74) is 4.15. The second-order valence-electron chi connectivity index (χ2n) is 6.64. The van der Waals surface area contributed by atoms with E-state index < -0.39 is 0 Å². The molecule has 3 rings (SSSR count). The highest BCUT2D eigenvalue weighted by Gasteiger charge is 2.17. The van der Waals surface area contributed by atoms with Gasteiger partial charge in [-0.25, -0.2) is 4.98 Å². The zero-order chi connectivity index (χ0) is 20.8. The number of ether oxygens (including phenoxy) is 3. The molecule has 152 valence electrons. The van der Waals surface area contributed by atoms with Crippen LogP contribution in [0, 0.1) is 6.92 Å². The highest BCUT2D eigenvalue weighted by molar-refractivity contribution is 9.10. The maximum Gasteiger partial charge on any atom is 0.237 e. The van der Waals surface area contributed by atoms with E-state index in [9.17, 15) is 0 Å². The van der Waals surface area contributed by atoms with Gasteiger partial charge in [-0.15, -0.1) is 0 Å². The summed E-state index contributed by atoms with van der Waals surface area (Å²) in [5, 5.41) is 0. The van der Waals surface area contributed by atoms with Gasteiger partial charge in [0.1, 0.15) is 17.2 Å². The third kappa shape index (κ3) is 5.21. The molecule has 0 N–H and O–H groups in total. The molecular weight excluding hydrogens is 432 g/mol. The summed E-state index contributed by atoms with van der Waals surface area (Å²) in [4.78, 5) is 6.85. The van der Waals surface area contributed by atoms with Gasteiger partial charge in [0.2, 0.25) is 5.88 Å². The number of pyridine rings is 1. The van der Waals surface area contributed by atoms with Crippen molar-refractivity contribution in [2.75, 3.05) is 26.2 Å². The van der Waals surface area contributed by atoms with Gasteiger partial charge in [-0.1, -0.05) is 24.3 Å². The third-order valence-electron chi connectivity index (χ3n) is 4.70. The molecule has 2 aromatic carbocycles. The molecule has 0 spiro atoms. The molecular formula is C23H25BrN2O3. The van der Waals surface area contributed by atoms with E-state index in [1.807, 2.05) is 31.2 Å². The van der Waals surface area contributed by atoms with Gasteiger partial charge in [-0.05, 0) is 64.3 Å². The molecule has 0 atom stereocenters. The van der Waals surface area contributed by atoms with Crippen molar-refractivity contribution in [3.8, 4) is 17.4 Å². The maximum atomic E-state index is 5.60. The Morgan fingerprint density at radius 3 is 1.69 bits per heavy atom. The summed E-state index contributed by atoms with van der Waals surface area (Å²) in [7, 11) is 4.99. The smallest absolute Gasteiger partial charge is 0.237 e. The van der Waals surface area contributed by atoms with Crippen LogP contribution >= 0.6 is 15.9 Å². The number of halogens is 1. The summed E-state index contributed by atoms with van der Waals surface area (Å²) in [5.74, 6) is 2.29. The number of anilines is 1.